The molecule has 0 atom stereocenters. The Morgan fingerprint density at radius 3 is 1.91 bits per heavy atom. The van der Waals surface area contributed by atoms with Gasteiger partial charge in [-0.2, -0.15) is 0 Å². The third kappa shape index (κ3) is 6.91. The van der Waals surface area contributed by atoms with E-state index >= 15 is 0 Å². The molecule has 0 heterocycles. The minimum Gasteiger partial charge on any atom is -0.525 e. The van der Waals surface area contributed by atoms with Crippen LogP contribution in [0.4, 0.5) is 0 Å². The van der Waals surface area contributed by atoms with Crippen molar-refractivity contribution in [2.75, 3.05) is 19.8 Å². The molecule has 2 aromatic rings. The number of benzene rings is 2. The molecule has 0 saturated heterocycles. The topological polar surface area (TPSA) is 38.7 Å². The summed E-state index contributed by atoms with van der Waals surface area (Å²) in [5.74, 6) is 4.02. The molecule has 120 valence electrons. The summed E-state index contributed by atoms with van der Waals surface area (Å²) < 4.78 is 10.8. The minimum atomic E-state index is 0. The van der Waals surface area contributed by atoms with Crippen LogP contribution in [0, 0.1) is 18.8 Å². The number of aliphatic hydroxyl groups excluding tert-OH is 1. The van der Waals surface area contributed by atoms with Gasteiger partial charge in [0.25, 0.3) is 0 Å². The Kier molecular flexibility index (Phi) is 9.13. The quantitative estimate of drug-likeness (QED) is 0.360. The summed E-state index contributed by atoms with van der Waals surface area (Å²) >= 11 is 0. The number of terminal acetylenes is 1. The van der Waals surface area contributed by atoms with E-state index in [0.717, 1.165) is 17.9 Å². The number of hydrogen-bond donors (Lipinski definition) is 1. The maximum absolute atomic E-state index is 8.67. The third-order valence-corrected chi connectivity index (χ3v) is 3.07. The van der Waals surface area contributed by atoms with Gasteiger partial charge in [0.2, 0.25) is 0 Å². The Labute approximate surface area is 151 Å². The second kappa shape index (κ2) is 10.9. The van der Waals surface area contributed by atoms with Crippen LogP contribution in [-0.2, 0) is 27.5 Å². The van der Waals surface area contributed by atoms with Crippen molar-refractivity contribution in [3.63, 3.8) is 0 Å². The van der Waals surface area contributed by atoms with Crippen molar-refractivity contribution in [3.8, 4) is 23.8 Å². The van der Waals surface area contributed by atoms with E-state index in [9.17, 15) is 0 Å². The SMILES string of the molecule is C#CCOc1ccc(Cc2ccc(OC[CH-]CO)cc2)cc1.[W]. The molecule has 0 aliphatic rings. The molecule has 2 aromatic carbocycles. The molecular weight excluding hydrogens is 460 g/mol. The zero-order chi connectivity index (χ0) is 15.6. The second-order valence-electron chi connectivity index (χ2n) is 4.74. The molecule has 0 amide bonds. The van der Waals surface area contributed by atoms with E-state index in [1.165, 1.54) is 11.1 Å². The maximum Gasteiger partial charge on any atom is 0.148 e. The average molecular weight is 479 g/mol. The molecule has 0 fully saturated rings. The van der Waals surface area contributed by atoms with Gasteiger partial charge in [0, 0.05) is 21.1 Å². The Bertz CT molecular complexity index is 600. The fourth-order valence-electron chi connectivity index (χ4n) is 1.98. The fraction of sp³-hybridized carbons (Fsp3) is 0.211. The monoisotopic (exact) mass is 479 g/mol. The van der Waals surface area contributed by atoms with Crippen LogP contribution < -0.4 is 9.47 Å². The van der Waals surface area contributed by atoms with E-state index < -0.39 is 0 Å². The molecule has 3 nitrogen and oxygen atoms in total. The largest absolute Gasteiger partial charge is 0.525 e. The molecule has 4 heteroatoms. The Balaban J connectivity index is 0.00000264. The number of ether oxygens (including phenoxy) is 2. The Morgan fingerprint density at radius 2 is 1.43 bits per heavy atom. The molecule has 0 aromatic heterocycles. The number of rotatable bonds is 8. The van der Waals surface area contributed by atoms with Gasteiger partial charge in [0.05, 0.1) is 0 Å². The van der Waals surface area contributed by atoms with Crippen LogP contribution in [0.2, 0.25) is 0 Å². The van der Waals surface area contributed by atoms with Crippen molar-refractivity contribution < 1.29 is 35.6 Å². The Hall–Kier alpha value is -1.75. The molecule has 2 rings (SSSR count). The molecule has 0 bridgehead atoms. The molecule has 1 N–H and O–H groups in total. The van der Waals surface area contributed by atoms with Crippen molar-refractivity contribution in [1.29, 1.82) is 0 Å². The smallest absolute Gasteiger partial charge is 0.148 e. The van der Waals surface area contributed by atoms with Gasteiger partial charge in [-0.15, -0.1) is 6.42 Å². The van der Waals surface area contributed by atoms with Crippen LogP contribution in [0.25, 0.3) is 0 Å². The molecule has 0 unspecified atom stereocenters. The van der Waals surface area contributed by atoms with Gasteiger partial charge in [0.15, 0.2) is 0 Å². The summed E-state index contributed by atoms with van der Waals surface area (Å²) in [6.07, 6.45) is 7.67. The average Bonchev–Trinajstić information content (AvgIpc) is 2.56. The van der Waals surface area contributed by atoms with Crippen molar-refractivity contribution in [2.45, 2.75) is 6.42 Å². The standard InChI is InChI=1S/C19H19O3.W/c1-2-13-21-18-8-4-16(5-9-18)15-17-6-10-19(11-7-17)22-14-3-12-20;/h1,3-11,20H,12-15H2;/q-1;. The molecule has 0 radical (unpaired) electrons. The van der Waals surface area contributed by atoms with Crippen LogP contribution in [0.3, 0.4) is 0 Å². The molecule has 0 aliphatic carbocycles. The van der Waals surface area contributed by atoms with Crippen molar-refractivity contribution >= 4 is 0 Å². The molecule has 0 saturated carbocycles. The first-order chi connectivity index (χ1) is 10.8. The normalized spacial score (nSPS) is 9.57. The van der Waals surface area contributed by atoms with Crippen LogP contribution in [0.15, 0.2) is 48.5 Å². The van der Waals surface area contributed by atoms with E-state index in [1.54, 1.807) is 6.42 Å². The van der Waals surface area contributed by atoms with Gasteiger partial charge in [-0.25, -0.2) is 0 Å². The van der Waals surface area contributed by atoms with E-state index in [1.807, 2.05) is 48.5 Å². The second-order valence-corrected chi connectivity index (χ2v) is 4.74. The van der Waals surface area contributed by atoms with Crippen LogP contribution >= 0.6 is 0 Å². The van der Waals surface area contributed by atoms with Gasteiger partial charge in [-0.3, -0.25) is 6.42 Å². The summed E-state index contributed by atoms with van der Waals surface area (Å²) in [6.45, 7) is 0.725. The van der Waals surface area contributed by atoms with Gasteiger partial charge < -0.3 is 14.6 Å². The van der Waals surface area contributed by atoms with E-state index in [0.29, 0.717) is 6.61 Å². The first-order valence-corrected chi connectivity index (χ1v) is 7.11. The van der Waals surface area contributed by atoms with E-state index in [-0.39, 0.29) is 34.3 Å². The first-order valence-electron chi connectivity index (χ1n) is 7.11. The fourth-order valence-corrected chi connectivity index (χ4v) is 1.98. The maximum atomic E-state index is 8.67. The van der Waals surface area contributed by atoms with Crippen LogP contribution in [-0.4, -0.2) is 24.9 Å². The summed E-state index contributed by atoms with van der Waals surface area (Å²) in [7, 11) is 0. The summed E-state index contributed by atoms with van der Waals surface area (Å²) in [5.41, 5.74) is 2.41. The number of hydrogen-bond acceptors (Lipinski definition) is 3. The Morgan fingerprint density at radius 1 is 0.913 bits per heavy atom. The third-order valence-electron chi connectivity index (χ3n) is 3.07. The summed E-state index contributed by atoms with van der Waals surface area (Å²) in [5, 5.41) is 8.67. The number of aliphatic hydroxyl groups is 1. The van der Waals surface area contributed by atoms with Crippen LogP contribution in [0.5, 0.6) is 11.5 Å². The minimum absolute atomic E-state index is 0. The molecule has 23 heavy (non-hydrogen) atoms. The predicted molar refractivity (Wildman–Crippen MR) is 86.9 cm³/mol. The van der Waals surface area contributed by atoms with Crippen molar-refractivity contribution in [1.82, 2.24) is 0 Å². The van der Waals surface area contributed by atoms with Crippen LogP contribution in [0.1, 0.15) is 11.1 Å². The zero-order valence-corrected chi connectivity index (χ0v) is 15.7. The van der Waals surface area contributed by atoms with Gasteiger partial charge in [0.1, 0.15) is 18.1 Å². The van der Waals surface area contributed by atoms with E-state index in [2.05, 4.69) is 5.92 Å². The van der Waals surface area contributed by atoms with Gasteiger partial charge in [-0.1, -0.05) is 36.8 Å². The zero-order valence-electron chi connectivity index (χ0n) is 12.8. The predicted octanol–water partition coefficient (Wildman–Crippen LogP) is 2.86. The molecule has 0 aliphatic heterocycles. The van der Waals surface area contributed by atoms with E-state index in [4.69, 9.17) is 21.0 Å². The summed E-state index contributed by atoms with van der Waals surface area (Å²) in [4.78, 5) is 0. The molecular formula is C19H19O3W-. The molecule has 0 spiro atoms. The van der Waals surface area contributed by atoms with Crippen molar-refractivity contribution in [3.05, 3.63) is 66.1 Å². The van der Waals surface area contributed by atoms with Gasteiger partial charge >= 0.3 is 0 Å². The van der Waals surface area contributed by atoms with Crippen molar-refractivity contribution in [2.24, 2.45) is 0 Å². The summed E-state index contributed by atoms with van der Waals surface area (Å²) in [6, 6.07) is 15.9. The first kappa shape index (κ1) is 19.3. The van der Waals surface area contributed by atoms with Gasteiger partial charge in [-0.05, 0) is 48.4 Å².